The van der Waals surface area contributed by atoms with Gasteiger partial charge in [0.05, 0.1) is 18.3 Å². The smallest absolute Gasteiger partial charge is 0.324 e. The molecule has 0 fully saturated rings. The number of hydrogen-bond donors (Lipinski definition) is 2. The lowest BCUT2D eigenvalue weighted by Gasteiger charge is -2.09. The fourth-order valence-corrected chi connectivity index (χ4v) is 2.09. The molecule has 2 N–H and O–H groups in total. The molecule has 0 aliphatic heterocycles. The summed E-state index contributed by atoms with van der Waals surface area (Å²) in [7, 11) is 1.56. The first-order chi connectivity index (χ1) is 10.8. The Morgan fingerprint density at radius 1 is 1.05 bits per heavy atom. The fraction of sp³-hybridized carbons (Fsp3) is 0.0625. The summed E-state index contributed by atoms with van der Waals surface area (Å²) < 4.78 is 5.09. The average molecular weight is 294 g/mol. The lowest BCUT2D eigenvalue weighted by Crippen LogP contribution is -2.20. The Labute approximate surface area is 127 Å². The number of urea groups is 1. The van der Waals surface area contributed by atoms with E-state index in [0.717, 1.165) is 10.9 Å². The monoisotopic (exact) mass is 294 g/mol. The lowest BCUT2D eigenvalue weighted by atomic mass is 10.2. The van der Waals surface area contributed by atoms with Crippen molar-refractivity contribution in [3.05, 3.63) is 54.9 Å². The van der Waals surface area contributed by atoms with Gasteiger partial charge < -0.3 is 10.1 Å². The van der Waals surface area contributed by atoms with E-state index < -0.39 is 0 Å². The van der Waals surface area contributed by atoms with Crippen molar-refractivity contribution >= 4 is 28.4 Å². The molecule has 3 aromatic rings. The molecule has 0 bridgehead atoms. The van der Waals surface area contributed by atoms with E-state index in [4.69, 9.17) is 4.74 Å². The second-order valence-corrected chi connectivity index (χ2v) is 4.54. The zero-order chi connectivity index (χ0) is 15.4. The molecular weight excluding hydrogens is 280 g/mol. The number of amides is 2. The number of benzene rings is 1. The maximum absolute atomic E-state index is 12.1. The van der Waals surface area contributed by atoms with Crippen molar-refractivity contribution < 1.29 is 9.53 Å². The Bertz CT molecular complexity index is 815. The number of nitrogens with zero attached hydrogens (tertiary/aromatic N) is 2. The van der Waals surface area contributed by atoms with E-state index in [2.05, 4.69) is 20.6 Å². The Hall–Kier alpha value is -3.15. The summed E-state index contributed by atoms with van der Waals surface area (Å²) in [4.78, 5) is 20.4. The summed E-state index contributed by atoms with van der Waals surface area (Å²) in [5.41, 5.74) is 1.51. The summed E-state index contributed by atoms with van der Waals surface area (Å²) in [6.45, 7) is 0. The van der Waals surface area contributed by atoms with Crippen molar-refractivity contribution in [2.45, 2.75) is 0 Å². The van der Waals surface area contributed by atoms with Crippen molar-refractivity contribution in [2.75, 3.05) is 17.7 Å². The number of methoxy groups -OCH3 is 1. The molecule has 0 aliphatic rings. The number of carbonyl (C=O) groups is 1. The van der Waals surface area contributed by atoms with Gasteiger partial charge in [0.1, 0.15) is 11.6 Å². The van der Waals surface area contributed by atoms with E-state index in [9.17, 15) is 4.79 Å². The molecule has 2 heterocycles. The van der Waals surface area contributed by atoms with Gasteiger partial charge in [0.15, 0.2) is 0 Å². The maximum Gasteiger partial charge on any atom is 0.324 e. The van der Waals surface area contributed by atoms with E-state index in [-0.39, 0.29) is 6.03 Å². The third-order valence-electron chi connectivity index (χ3n) is 3.10. The van der Waals surface area contributed by atoms with Gasteiger partial charge in [0, 0.05) is 23.8 Å². The third kappa shape index (κ3) is 2.95. The van der Waals surface area contributed by atoms with Crippen molar-refractivity contribution in [1.82, 2.24) is 9.97 Å². The number of carbonyl (C=O) groups excluding carboxylic acids is 1. The minimum atomic E-state index is -0.378. The van der Waals surface area contributed by atoms with Crippen molar-refractivity contribution in [2.24, 2.45) is 0 Å². The van der Waals surface area contributed by atoms with Crippen LogP contribution in [0.25, 0.3) is 10.9 Å². The Balaban J connectivity index is 1.78. The third-order valence-corrected chi connectivity index (χ3v) is 3.10. The standard InChI is InChI=1S/C16H14N4O2/c1-22-11-7-9-18-15(10-11)20-16(21)19-14-6-2-5-13-12(14)4-3-8-17-13/h2-10H,1H3,(H2,18,19,20,21). The molecule has 2 amide bonds. The van der Waals surface area contributed by atoms with Crippen LogP contribution in [-0.2, 0) is 0 Å². The minimum absolute atomic E-state index is 0.378. The van der Waals surface area contributed by atoms with Gasteiger partial charge >= 0.3 is 6.03 Å². The molecule has 0 atom stereocenters. The summed E-state index contributed by atoms with van der Waals surface area (Å²) >= 11 is 0. The van der Waals surface area contributed by atoms with Crippen LogP contribution >= 0.6 is 0 Å². The first-order valence-corrected chi connectivity index (χ1v) is 6.68. The summed E-state index contributed by atoms with van der Waals surface area (Å²) in [6.07, 6.45) is 3.28. The highest BCUT2D eigenvalue weighted by Gasteiger charge is 2.07. The number of nitrogens with one attached hydrogen (secondary N) is 2. The van der Waals surface area contributed by atoms with Gasteiger partial charge in [-0.3, -0.25) is 10.3 Å². The summed E-state index contributed by atoms with van der Waals surface area (Å²) in [6, 6.07) is 12.3. The molecule has 22 heavy (non-hydrogen) atoms. The Morgan fingerprint density at radius 3 is 2.82 bits per heavy atom. The molecule has 6 heteroatoms. The number of pyridine rings is 2. The zero-order valence-corrected chi connectivity index (χ0v) is 11.9. The Kier molecular flexibility index (Phi) is 3.82. The second-order valence-electron chi connectivity index (χ2n) is 4.54. The summed E-state index contributed by atoms with van der Waals surface area (Å²) in [5, 5.41) is 6.34. The van der Waals surface area contributed by atoms with Crippen molar-refractivity contribution in [3.63, 3.8) is 0 Å². The van der Waals surface area contributed by atoms with Gasteiger partial charge in [-0.2, -0.15) is 0 Å². The van der Waals surface area contributed by atoms with Gasteiger partial charge in [-0.15, -0.1) is 0 Å². The van der Waals surface area contributed by atoms with E-state index in [1.807, 2.05) is 30.3 Å². The van der Waals surface area contributed by atoms with E-state index in [1.54, 1.807) is 31.6 Å². The van der Waals surface area contributed by atoms with Crippen LogP contribution < -0.4 is 15.4 Å². The number of fused-ring (bicyclic) bond motifs is 1. The highest BCUT2D eigenvalue weighted by molar-refractivity contribution is 6.05. The van der Waals surface area contributed by atoms with Crippen LogP contribution in [0, 0.1) is 0 Å². The van der Waals surface area contributed by atoms with Gasteiger partial charge in [-0.05, 0) is 30.3 Å². The second kappa shape index (κ2) is 6.09. The number of hydrogen-bond acceptors (Lipinski definition) is 4. The SMILES string of the molecule is COc1ccnc(NC(=O)Nc2cccc3ncccc23)c1. The van der Waals surface area contributed by atoms with Crippen LogP contribution in [0.2, 0.25) is 0 Å². The normalized spacial score (nSPS) is 10.2. The van der Waals surface area contributed by atoms with Gasteiger partial charge in [-0.25, -0.2) is 9.78 Å². The van der Waals surface area contributed by atoms with Crippen LogP contribution in [0.5, 0.6) is 5.75 Å². The molecule has 2 aromatic heterocycles. The van der Waals surface area contributed by atoms with Crippen LogP contribution in [0.4, 0.5) is 16.3 Å². The topological polar surface area (TPSA) is 76.1 Å². The summed E-state index contributed by atoms with van der Waals surface area (Å²) in [5.74, 6) is 1.04. The average Bonchev–Trinajstić information content (AvgIpc) is 2.55. The largest absolute Gasteiger partial charge is 0.497 e. The van der Waals surface area contributed by atoms with E-state index in [0.29, 0.717) is 17.3 Å². The molecule has 0 saturated carbocycles. The predicted molar refractivity (Wildman–Crippen MR) is 85.2 cm³/mol. The van der Waals surface area contributed by atoms with Gasteiger partial charge in [0.25, 0.3) is 0 Å². The minimum Gasteiger partial charge on any atom is -0.497 e. The molecule has 0 spiro atoms. The molecule has 1 aromatic carbocycles. The highest BCUT2D eigenvalue weighted by atomic mass is 16.5. The fourth-order valence-electron chi connectivity index (χ4n) is 2.09. The molecule has 3 rings (SSSR count). The quantitative estimate of drug-likeness (QED) is 0.777. The highest BCUT2D eigenvalue weighted by Crippen LogP contribution is 2.21. The number of ether oxygens (including phenoxy) is 1. The lowest BCUT2D eigenvalue weighted by molar-refractivity contribution is 0.262. The maximum atomic E-state index is 12.1. The molecule has 110 valence electrons. The number of rotatable bonds is 3. The van der Waals surface area contributed by atoms with E-state index in [1.165, 1.54) is 0 Å². The first-order valence-electron chi connectivity index (χ1n) is 6.68. The van der Waals surface area contributed by atoms with Crippen LogP contribution in [0.1, 0.15) is 0 Å². The van der Waals surface area contributed by atoms with Crippen LogP contribution in [-0.4, -0.2) is 23.1 Å². The predicted octanol–water partition coefficient (Wildman–Crippen LogP) is 3.28. The number of aromatic nitrogens is 2. The molecule has 6 nitrogen and oxygen atoms in total. The van der Waals surface area contributed by atoms with Gasteiger partial charge in [0.2, 0.25) is 0 Å². The van der Waals surface area contributed by atoms with Crippen LogP contribution in [0.15, 0.2) is 54.9 Å². The molecule has 0 radical (unpaired) electrons. The first kappa shape index (κ1) is 13.8. The number of anilines is 2. The van der Waals surface area contributed by atoms with Crippen molar-refractivity contribution in [1.29, 1.82) is 0 Å². The molecule has 0 saturated heterocycles. The van der Waals surface area contributed by atoms with Crippen LogP contribution in [0.3, 0.4) is 0 Å². The zero-order valence-electron chi connectivity index (χ0n) is 11.9. The van der Waals surface area contributed by atoms with Crippen molar-refractivity contribution in [3.8, 4) is 5.75 Å². The van der Waals surface area contributed by atoms with Gasteiger partial charge in [-0.1, -0.05) is 6.07 Å². The molecule has 0 unspecified atom stereocenters. The molecular formula is C16H14N4O2. The molecule has 0 aliphatic carbocycles. The van der Waals surface area contributed by atoms with E-state index >= 15 is 0 Å². The Morgan fingerprint density at radius 2 is 1.95 bits per heavy atom.